The average molecular weight is 501 g/mol. The van der Waals surface area contributed by atoms with Gasteiger partial charge in [0.1, 0.15) is 12.2 Å². The molecule has 194 valence electrons. The molecule has 0 aliphatic carbocycles. The van der Waals surface area contributed by atoms with E-state index in [0.29, 0.717) is 18.6 Å². The minimum atomic E-state index is -1.29. The van der Waals surface area contributed by atoms with E-state index >= 15 is 0 Å². The molecule has 0 spiro atoms. The van der Waals surface area contributed by atoms with Crippen molar-refractivity contribution in [3.05, 3.63) is 40.5 Å². The summed E-state index contributed by atoms with van der Waals surface area (Å²) in [6, 6.07) is 4.94. The van der Waals surface area contributed by atoms with Crippen molar-refractivity contribution in [3.8, 4) is 11.8 Å². The highest BCUT2D eigenvalue weighted by atomic mass is 28.3. The van der Waals surface area contributed by atoms with Crippen LogP contribution in [0.5, 0.6) is 0 Å². The minimum absolute atomic E-state index is 0.215. The molecule has 1 saturated heterocycles. The van der Waals surface area contributed by atoms with Gasteiger partial charge in [0.2, 0.25) is 0 Å². The lowest BCUT2D eigenvalue weighted by molar-refractivity contribution is -0.151. The fourth-order valence-corrected chi connectivity index (χ4v) is 4.70. The van der Waals surface area contributed by atoms with Crippen molar-refractivity contribution in [2.45, 2.75) is 104 Å². The Hall–Kier alpha value is -1.91. The summed E-state index contributed by atoms with van der Waals surface area (Å²) in [6.45, 7) is 19.0. The Morgan fingerprint density at radius 1 is 1.23 bits per heavy atom. The molecule has 0 radical (unpaired) electrons. The summed E-state index contributed by atoms with van der Waals surface area (Å²) in [5.74, 6) is 5.17. The number of ether oxygens (including phenoxy) is 3. The highest BCUT2D eigenvalue weighted by Crippen LogP contribution is 2.32. The molecule has 2 rings (SSSR count). The van der Waals surface area contributed by atoms with Crippen LogP contribution in [0.3, 0.4) is 0 Å². The van der Waals surface area contributed by atoms with Gasteiger partial charge in [-0.15, -0.1) is 0 Å². The number of benzene rings is 1. The Kier molecular flexibility index (Phi) is 10.4. The number of aliphatic hydroxyl groups is 1. The van der Waals surface area contributed by atoms with E-state index in [2.05, 4.69) is 38.4 Å². The summed E-state index contributed by atoms with van der Waals surface area (Å²) in [5, 5.41) is 10.7. The molecule has 1 aromatic rings. The summed E-state index contributed by atoms with van der Waals surface area (Å²) in [6.07, 6.45) is 3.55. The van der Waals surface area contributed by atoms with Gasteiger partial charge in [0.05, 0.1) is 18.3 Å². The summed E-state index contributed by atoms with van der Waals surface area (Å²) in [7, 11) is -1.29. The van der Waals surface area contributed by atoms with Crippen molar-refractivity contribution in [2.75, 3.05) is 6.61 Å². The van der Waals surface area contributed by atoms with Crippen LogP contribution in [0, 0.1) is 31.6 Å². The molecule has 5 nitrogen and oxygen atoms in total. The predicted molar refractivity (Wildman–Crippen MR) is 145 cm³/mol. The molecule has 35 heavy (non-hydrogen) atoms. The van der Waals surface area contributed by atoms with Crippen molar-refractivity contribution < 1.29 is 24.1 Å². The zero-order valence-electron chi connectivity index (χ0n) is 23.0. The van der Waals surface area contributed by atoms with E-state index in [0.717, 1.165) is 29.2 Å². The molecule has 0 bridgehead atoms. The van der Waals surface area contributed by atoms with Gasteiger partial charge in [-0.2, -0.15) is 0 Å². The summed E-state index contributed by atoms with van der Waals surface area (Å²) >= 11 is 0. The van der Waals surface area contributed by atoms with E-state index in [1.165, 1.54) is 0 Å². The normalized spacial score (nSPS) is 21.4. The number of aryl methyl sites for hydroxylation is 2. The second-order valence-electron chi connectivity index (χ2n) is 11.3. The molecule has 4 atom stereocenters. The smallest absolute Gasteiger partial charge is 0.338 e. The number of carbonyl (C=O) groups excluding carboxylic acids is 1. The molecule has 1 fully saturated rings. The molecule has 1 aliphatic rings. The van der Waals surface area contributed by atoms with Crippen molar-refractivity contribution in [1.29, 1.82) is 0 Å². The molecule has 0 saturated carbocycles. The third-order valence-electron chi connectivity index (χ3n) is 6.09. The number of aliphatic hydroxyl groups excluding tert-OH is 1. The Morgan fingerprint density at radius 3 is 2.54 bits per heavy atom. The second kappa shape index (κ2) is 12.4. The first-order valence-electron chi connectivity index (χ1n) is 12.7. The van der Waals surface area contributed by atoms with Gasteiger partial charge in [-0.1, -0.05) is 75.2 Å². The Bertz CT molecular complexity index is 964. The van der Waals surface area contributed by atoms with Crippen molar-refractivity contribution >= 4 is 20.1 Å². The van der Waals surface area contributed by atoms with E-state index in [1.54, 1.807) is 0 Å². The Balaban J connectivity index is 2.19. The monoisotopic (exact) mass is 500 g/mol. The van der Waals surface area contributed by atoms with Gasteiger partial charge < -0.3 is 19.3 Å². The van der Waals surface area contributed by atoms with Crippen LogP contribution in [0.25, 0.3) is 6.08 Å². The van der Waals surface area contributed by atoms with Crippen LogP contribution in [0.1, 0.15) is 67.6 Å². The van der Waals surface area contributed by atoms with Crippen molar-refractivity contribution in [2.24, 2.45) is 5.92 Å². The molecule has 6 heteroatoms. The van der Waals surface area contributed by atoms with Crippen LogP contribution in [0.2, 0.25) is 25.7 Å². The molecule has 1 heterocycles. The van der Waals surface area contributed by atoms with Crippen LogP contribution >= 0.6 is 0 Å². The standard InChI is InChI=1S/C29H44O5Si/c1-10-20(2)14-15-24(30)27-25(33-29(5,6)34-27)13-11-12-23-19-21(3)18-22(4)26(23)28(31)32-16-17-35(7,8)9/h11-12,18-20,24-25,27,30H,10,13,16-17H2,1-9H3/b12-11+/t20-,24?,25?,27-/m1/s1. The van der Waals surface area contributed by atoms with E-state index in [4.69, 9.17) is 14.2 Å². The molecule has 1 N–H and O–H groups in total. The van der Waals surface area contributed by atoms with Gasteiger partial charge >= 0.3 is 5.97 Å². The first-order valence-corrected chi connectivity index (χ1v) is 16.4. The van der Waals surface area contributed by atoms with Gasteiger partial charge in [-0.05, 0) is 57.7 Å². The number of carbonyl (C=O) groups is 1. The highest BCUT2D eigenvalue weighted by molar-refractivity contribution is 6.76. The quantitative estimate of drug-likeness (QED) is 0.251. The second-order valence-corrected chi connectivity index (χ2v) is 16.9. The largest absolute Gasteiger partial charge is 0.462 e. The van der Waals surface area contributed by atoms with Crippen LogP contribution in [0.4, 0.5) is 0 Å². The third kappa shape index (κ3) is 9.23. The van der Waals surface area contributed by atoms with Gasteiger partial charge in [-0.3, -0.25) is 0 Å². The molecular weight excluding hydrogens is 456 g/mol. The number of esters is 1. The van der Waals surface area contributed by atoms with E-state index < -0.39 is 26.1 Å². The first-order chi connectivity index (χ1) is 16.2. The van der Waals surface area contributed by atoms with Gasteiger partial charge in [0, 0.05) is 14.0 Å². The lowest BCUT2D eigenvalue weighted by Gasteiger charge is -2.18. The topological polar surface area (TPSA) is 65.0 Å². The van der Waals surface area contributed by atoms with Crippen LogP contribution in [0.15, 0.2) is 18.2 Å². The molecule has 1 aliphatic heterocycles. The summed E-state index contributed by atoms with van der Waals surface area (Å²) in [4.78, 5) is 12.9. The zero-order chi connectivity index (χ0) is 26.4. The van der Waals surface area contributed by atoms with Crippen LogP contribution in [-0.2, 0) is 14.2 Å². The number of hydrogen-bond acceptors (Lipinski definition) is 5. The highest BCUT2D eigenvalue weighted by Gasteiger charge is 2.43. The van der Waals surface area contributed by atoms with E-state index in [-0.39, 0.29) is 18.0 Å². The predicted octanol–water partition coefficient (Wildman–Crippen LogP) is 6.13. The first kappa shape index (κ1) is 29.3. The van der Waals surface area contributed by atoms with Gasteiger partial charge in [0.25, 0.3) is 0 Å². The van der Waals surface area contributed by atoms with Crippen molar-refractivity contribution in [1.82, 2.24) is 0 Å². The third-order valence-corrected chi connectivity index (χ3v) is 7.79. The van der Waals surface area contributed by atoms with E-state index in [9.17, 15) is 9.90 Å². The SMILES string of the molecule is CC[C@@H](C)C#CC(O)[C@H]1OC(C)(C)OC1C/C=C/c1cc(C)cc(C)c1C(=O)OCC[Si](C)(C)C. The maximum atomic E-state index is 12.9. The van der Waals surface area contributed by atoms with E-state index in [1.807, 2.05) is 58.9 Å². The molecule has 0 amide bonds. The Morgan fingerprint density at radius 2 is 1.91 bits per heavy atom. The molecule has 1 aromatic carbocycles. The van der Waals surface area contributed by atoms with Crippen molar-refractivity contribution in [3.63, 3.8) is 0 Å². The fourth-order valence-electron chi connectivity index (χ4n) is 3.99. The summed E-state index contributed by atoms with van der Waals surface area (Å²) in [5.41, 5.74) is 3.41. The lowest BCUT2D eigenvalue weighted by atomic mass is 9.97. The fraction of sp³-hybridized carbons (Fsp3) is 0.621. The zero-order valence-corrected chi connectivity index (χ0v) is 24.0. The Labute approximate surface area is 213 Å². The van der Waals surface area contributed by atoms with Crippen LogP contribution in [-0.4, -0.2) is 49.9 Å². The van der Waals surface area contributed by atoms with Crippen LogP contribution < -0.4 is 0 Å². The number of rotatable bonds is 9. The maximum absolute atomic E-state index is 12.9. The lowest BCUT2D eigenvalue weighted by Crippen LogP contribution is -2.34. The molecule has 2 unspecified atom stereocenters. The van der Waals surface area contributed by atoms with Gasteiger partial charge in [0.15, 0.2) is 5.79 Å². The maximum Gasteiger partial charge on any atom is 0.338 e. The molecular formula is C29H44O5Si. The van der Waals surface area contributed by atoms with Gasteiger partial charge in [-0.25, -0.2) is 4.79 Å². The minimum Gasteiger partial charge on any atom is -0.462 e. The number of hydrogen-bond donors (Lipinski definition) is 1. The summed E-state index contributed by atoms with van der Waals surface area (Å²) < 4.78 is 17.7. The average Bonchev–Trinajstić information content (AvgIpc) is 3.04. The molecule has 0 aromatic heterocycles.